The standard InChI is InChI=1S/C22H20N2/c1-15-6-5-9-19-20(15)21(17-12-10-16(14-23)11-13-17)22(24-19)18-7-3-2-4-8-18/h2-13,24H,14,23H2,1H3. The average Bonchev–Trinajstić information content (AvgIpc) is 3.03. The summed E-state index contributed by atoms with van der Waals surface area (Å²) in [6, 6.07) is 25.5. The van der Waals surface area contributed by atoms with Crippen molar-refractivity contribution in [2.45, 2.75) is 13.5 Å². The fourth-order valence-corrected chi connectivity index (χ4v) is 3.34. The van der Waals surface area contributed by atoms with Gasteiger partial charge in [0.2, 0.25) is 0 Å². The molecule has 0 fully saturated rings. The van der Waals surface area contributed by atoms with E-state index in [1.807, 2.05) is 6.07 Å². The van der Waals surface area contributed by atoms with E-state index in [0.29, 0.717) is 6.54 Å². The molecule has 118 valence electrons. The van der Waals surface area contributed by atoms with Crippen LogP contribution in [0.3, 0.4) is 0 Å². The van der Waals surface area contributed by atoms with Gasteiger partial charge in [-0.1, -0.05) is 66.7 Å². The fourth-order valence-electron chi connectivity index (χ4n) is 3.34. The first kappa shape index (κ1) is 14.7. The van der Waals surface area contributed by atoms with Crippen LogP contribution >= 0.6 is 0 Å². The largest absolute Gasteiger partial charge is 0.354 e. The van der Waals surface area contributed by atoms with Gasteiger partial charge in [0.05, 0.1) is 5.69 Å². The highest BCUT2D eigenvalue weighted by atomic mass is 14.7. The summed E-state index contributed by atoms with van der Waals surface area (Å²) in [5.41, 5.74) is 14.2. The van der Waals surface area contributed by atoms with Gasteiger partial charge in [-0.3, -0.25) is 0 Å². The number of benzene rings is 3. The van der Waals surface area contributed by atoms with Crippen LogP contribution in [0.4, 0.5) is 0 Å². The molecule has 0 spiro atoms. The lowest BCUT2D eigenvalue weighted by molar-refractivity contribution is 1.07. The van der Waals surface area contributed by atoms with E-state index in [4.69, 9.17) is 5.73 Å². The third-order valence-electron chi connectivity index (χ3n) is 4.57. The summed E-state index contributed by atoms with van der Waals surface area (Å²) in [5.74, 6) is 0. The van der Waals surface area contributed by atoms with Crippen LogP contribution in [0.15, 0.2) is 72.8 Å². The average molecular weight is 312 g/mol. The Morgan fingerprint density at radius 3 is 2.25 bits per heavy atom. The lowest BCUT2D eigenvalue weighted by Gasteiger charge is -2.08. The summed E-state index contributed by atoms with van der Waals surface area (Å²) < 4.78 is 0. The van der Waals surface area contributed by atoms with Gasteiger partial charge in [-0.15, -0.1) is 0 Å². The van der Waals surface area contributed by atoms with Crippen molar-refractivity contribution in [3.05, 3.63) is 83.9 Å². The van der Waals surface area contributed by atoms with Crippen LogP contribution in [0.1, 0.15) is 11.1 Å². The highest BCUT2D eigenvalue weighted by Crippen LogP contribution is 2.39. The molecule has 0 radical (unpaired) electrons. The van der Waals surface area contributed by atoms with Crippen molar-refractivity contribution < 1.29 is 0 Å². The second-order valence-corrected chi connectivity index (χ2v) is 6.14. The maximum absolute atomic E-state index is 5.75. The molecule has 0 unspecified atom stereocenters. The number of aryl methyl sites for hydroxylation is 1. The third-order valence-corrected chi connectivity index (χ3v) is 4.57. The smallest absolute Gasteiger partial charge is 0.0544 e. The summed E-state index contributed by atoms with van der Waals surface area (Å²) in [7, 11) is 0. The monoisotopic (exact) mass is 312 g/mol. The second kappa shape index (κ2) is 5.99. The molecule has 4 aromatic rings. The van der Waals surface area contributed by atoms with Gasteiger partial charge >= 0.3 is 0 Å². The highest BCUT2D eigenvalue weighted by molar-refractivity contribution is 6.05. The zero-order valence-corrected chi connectivity index (χ0v) is 13.7. The van der Waals surface area contributed by atoms with Gasteiger partial charge in [0.1, 0.15) is 0 Å². The molecule has 0 saturated carbocycles. The number of aromatic amines is 1. The Kier molecular flexibility index (Phi) is 3.68. The van der Waals surface area contributed by atoms with Crippen LogP contribution in [0.5, 0.6) is 0 Å². The maximum atomic E-state index is 5.75. The topological polar surface area (TPSA) is 41.8 Å². The van der Waals surface area contributed by atoms with E-state index < -0.39 is 0 Å². The van der Waals surface area contributed by atoms with Crippen molar-refractivity contribution >= 4 is 10.9 Å². The predicted octanol–water partition coefficient (Wildman–Crippen LogP) is 5.27. The minimum atomic E-state index is 0.568. The summed E-state index contributed by atoms with van der Waals surface area (Å²) in [5, 5.41) is 1.29. The van der Waals surface area contributed by atoms with Gasteiger partial charge < -0.3 is 10.7 Å². The van der Waals surface area contributed by atoms with Crippen molar-refractivity contribution in [2.75, 3.05) is 0 Å². The zero-order valence-electron chi connectivity index (χ0n) is 13.7. The number of hydrogen-bond acceptors (Lipinski definition) is 1. The lowest BCUT2D eigenvalue weighted by Crippen LogP contribution is -1.95. The van der Waals surface area contributed by atoms with Crippen molar-refractivity contribution in [3.63, 3.8) is 0 Å². The molecule has 0 aliphatic rings. The van der Waals surface area contributed by atoms with Gasteiger partial charge in [-0.05, 0) is 35.2 Å². The maximum Gasteiger partial charge on any atom is 0.0544 e. The van der Waals surface area contributed by atoms with Crippen LogP contribution in [0.2, 0.25) is 0 Å². The van der Waals surface area contributed by atoms with Gasteiger partial charge in [-0.2, -0.15) is 0 Å². The number of H-pyrrole nitrogens is 1. The first-order valence-electron chi connectivity index (χ1n) is 8.24. The molecule has 2 heteroatoms. The molecule has 2 nitrogen and oxygen atoms in total. The van der Waals surface area contributed by atoms with Gasteiger partial charge in [-0.25, -0.2) is 0 Å². The summed E-state index contributed by atoms with van der Waals surface area (Å²) >= 11 is 0. The zero-order chi connectivity index (χ0) is 16.5. The van der Waals surface area contributed by atoms with Crippen molar-refractivity contribution in [2.24, 2.45) is 5.73 Å². The van der Waals surface area contributed by atoms with Crippen molar-refractivity contribution in [1.82, 2.24) is 4.98 Å². The number of rotatable bonds is 3. The number of nitrogens with two attached hydrogens (primary N) is 1. The molecule has 1 heterocycles. The van der Waals surface area contributed by atoms with E-state index in [-0.39, 0.29) is 0 Å². The van der Waals surface area contributed by atoms with E-state index in [0.717, 1.165) is 5.56 Å². The Labute approximate surface area is 142 Å². The molecular weight excluding hydrogens is 292 g/mol. The predicted molar refractivity (Wildman–Crippen MR) is 102 cm³/mol. The van der Waals surface area contributed by atoms with Crippen LogP contribution in [0.25, 0.3) is 33.3 Å². The number of nitrogens with one attached hydrogen (secondary N) is 1. The third kappa shape index (κ3) is 2.41. The minimum Gasteiger partial charge on any atom is -0.354 e. The van der Waals surface area contributed by atoms with Gasteiger partial charge in [0.15, 0.2) is 0 Å². The Morgan fingerprint density at radius 1 is 0.792 bits per heavy atom. The van der Waals surface area contributed by atoms with Crippen molar-refractivity contribution in [1.29, 1.82) is 0 Å². The Bertz CT molecular complexity index is 980. The number of hydrogen-bond donors (Lipinski definition) is 2. The summed E-state index contributed by atoms with van der Waals surface area (Å²) in [6.45, 7) is 2.74. The Morgan fingerprint density at radius 2 is 1.54 bits per heavy atom. The normalized spacial score (nSPS) is 11.1. The molecule has 0 aliphatic heterocycles. The minimum absolute atomic E-state index is 0.568. The molecule has 3 aromatic carbocycles. The molecule has 4 rings (SSSR count). The van der Waals surface area contributed by atoms with Crippen LogP contribution in [0, 0.1) is 6.92 Å². The van der Waals surface area contributed by atoms with E-state index in [2.05, 4.69) is 78.6 Å². The molecule has 0 saturated heterocycles. The first-order valence-corrected chi connectivity index (χ1v) is 8.24. The van der Waals surface area contributed by atoms with Gasteiger partial charge in [0, 0.05) is 23.0 Å². The summed E-state index contributed by atoms with van der Waals surface area (Å²) in [4.78, 5) is 3.62. The van der Waals surface area contributed by atoms with E-state index in [1.54, 1.807) is 0 Å². The van der Waals surface area contributed by atoms with Crippen LogP contribution < -0.4 is 5.73 Å². The second-order valence-electron chi connectivity index (χ2n) is 6.14. The molecular formula is C22H20N2. The van der Waals surface area contributed by atoms with E-state index in [9.17, 15) is 0 Å². The molecule has 0 aliphatic carbocycles. The first-order chi connectivity index (χ1) is 11.8. The molecule has 3 N–H and O–H groups in total. The Balaban J connectivity index is 2.03. The molecule has 1 aromatic heterocycles. The SMILES string of the molecule is Cc1cccc2[nH]c(-c3ccccc3)c(-c3ccc(CN)cc3)c12. The lowest BCUT2D eigenvalue weighted by atomic mass is 9.95. The van der Waals surface area contributed by atoms with E-state index >= 15 is 0 Å². The van der Waals surface area contributed by atoms with Crippen LogP contribution in [-0.2, 0) is 6.54 Å². The molecule has 0 amide bonds. The number of aromatic nitrogens is 1. The highest BCUT2D eigenvalue weighted by Gasteiger charge is 2.16. The van der Waals surface area contributed by atoms with E-state index in [1.165, 1.54) is 38.9 Å². The fraction of sp³-hybridized carbons (Fsp3) is 0.0909. The number of fused-ring (bicyclic) bond motifs is 1. The molecule has 0 atom stereocenters. The van der Waals surface area contributed by atoms with Crippen LogP contribution in [-0.4, -0.2) is 4.98 Å². The van der Waals surface area contributed by atoms with Gasteiger partial charge in [0.25, 0.3) is 0 Å². The molecule has 0 bridgehead atoms. The quantitative estimate of drug-likeness (QED) is 0.531. The van der Waals surface area contributed by atoms with Crippen molar-refractivity contribution in [3.8, 4) is 22.4 Å². The molecule has 24 heavy (non-hydrogen) atoms. The Hall–Kier alpha value is -2.84. The summed E-state index contributed by atoms with van der Waals surface area (Å²) in [6.07, 6.45) is 0.